The van der Waals surface area contributed by atoms with Gasteiger partial charge in [0, 0.05) is 5.56 Å². The maximum absolute atomic E-state index is 13.0. The Morgan fingerprint density at radius 3 is 2.00 bits per heavy atom. The fraction of sp³-hybridized carbons (Fsp3) is 0.167. The van der Waals surface area contributed by atoms with Crippen LogP contribution >= 0.6 is 0 Å². The highest BCUT2D eigenvalue weighted by molar-refractivity contribution is 5.96. The summed E-state index contributed by atoms with van der Waals surface area (Å²) in [4.78, 5) is 13.0. The molecule has 0 saturated heterocycles. The summed E-state index contributed by atoms with van der Waals surface area (Å²) < 4.78 is 21.2. The zero-order chi connectivity index (χ0) is 18.1. The fourth-order valence-corrected chi connectivity index (χ4v) is 2.68. The van der Waals surface area contributed by atoms with E-state index in [9.17, 15) is 15.0 Å². The average molecular weight is 344 g/mol. The van der Waals surface area contributed by atoms with Crippen LogP contribution in [0.1, 0.15) is 0 Å². The monoisotopic (exact) mass is 344 g/mol. The Morgan fingerprint density at radius 1 is 0.840 bits per heavy atom. The van der Waals surface area contributed by atoms with Gasteiger partial charge in [0.1, 0.15) is 5.39 Å². The molecule has 0 aliphatic carbocycles. The minimum absolute atomic E-state index is 0.0517. The first-order valence-electron chi connectivity index (χ1n) is 7.31. The van der Waals surface area contributed by atoms with E-state index in [-0.39, 0.29) is 34.0 Å². The van der Waals surface area contributed by atoms with Crippen LogP contribution in [-0.4, -0.2) is 31.5 Å². The van der Waals surface area contributed by atoms with Crippen LogP contribution in [0, 0.1) is 0 Å². The minimum atomic E-state index is -0.621. The number of ether oxygens (including phenoxy) is 3. The molecule has 0 spiro atoms. The smallest absolute Gasteiger partial charge is 0.239 e. The minimum Gasteiger partial charge on any atom is -0.502 e. The number of phenolic OH excluding ortho intramolecular Hbond substituents is 2. The lowest BCUT2D eigenvalue weighted by molar-refractivity contribution is 0.321. The average Bonchev–Trinajstić information content (AvgIpc) is 2.64. The first-order valence-corrected chi connectivity index (χ1v) is 7.31. The third kappa shape index (κ3) is 2.40. The Hall–Kier alpha value is -3.35. The van der Waals surface area contributed by atoms with Crippen LogP contribution in [-0.2, 0) is 0 Å². The van der Waals surface area contributed by atoms with E-state index in [1.165, 1.54) is 21.3 Å². The highest BCUT2D eigenvalue weighted by Crippen LogP contribution is 2.50. The molecular weight excluding hydrogens is 328 g/mol. The molecule has 1 aromatic heterocycles. The summed E-state index contributed by atoms with van der Waals surface area (Å²) in [5.74, 6) is -1.36. The van der Waals surface area contributed by atoms with Crippen molar-refractivity contribution in [1.29, 1.82) is 0 Å². The van der Waals surface area contributed by atoms with Gasteiger partial charge in [-0.1, -0.05) is 30.3 Å². The molecule has 0 saturated carbocycles. The zero-order valence-corrected chi connectivity index (χ0v) is 13.8. The molecule has 0 unspecified atom stereocenters. The molecule has 0 amide bonds. The molecule has 25 heavy (non-hydrogen) atoms. The summed E-state index contributed by atoms with van der Waals surface area (Å²) in [5.41, 5.74) is -0.208. The first-order chi connectivity index (χ1) is 12.0. The molecule has 3 aromatic rings. The lowest BCUT2D eigenvalue weighted by atomic mass is 10.1. The van der Waals surface area contributed by atoms with E-state index in [2.05, 4.69) is 0 Å². The second-order valence-corrected chi connectivity index (χ2v) is 5.13. The molecule has 7 heteroatoms. The number of hydrogen-bond donors (Lipinski definition) is 2. The highest BCUT2D eigenvalue weighted by atomic mass is 16.5. The Bertz CT molecular complexity index is 990. The quantitative estimate of drug-likeness (QED) is 0.702. The van der Waals surface area contributed by atoms with Gasteiger partial charge in [-0.25, -0.2) is 0 Å². The molecule has 0 aliphatic heterocycles. The van der Waals surface area contributed by atoms with Gasteiger partial charge in [-0.2, -0.15) is 0 Å². The zero-order valence-electron chi connectivity index (χ0n) is 13.8. The molecule has 0 fully saturated rings. The number of aromatic hydroxyl groups is 2. The van der Waals surface area contributed by atoms with E-state index >= 15 is 0 Å². The number of fused-ring (bicyclic) bond motifs is 1. The van der Waals surface area contributed by atoms with Gasteiger partial charge in [0.15, 0.2) is 17.1 Å². The number of benzene rings is 2. The number of rotatable bonds is 4. The third-order valence-electron chi connectivity index (χ3n) is 3.81. The Morgan fingerprint density at radius 2 is 1.44 bits per heavy atom. The van der Waals surface area contributed by atoms with Crippen molar-refractivity contribution in [3.05, 3.63) is 40.6 Å². The van der Waals surface area contributed by atoms with Crippen LogP contribution in [0.2, 0.25) is 0 Å². The van der Waals surface area contributed by atoms with Gasteiger partial charge in [-0.05, 0) is 0 Å². The van der Waals surface area contributed by atoms with Crippen LogP contribution in [0.5, 0.6) is 28.7 Å². The SMILES string of the molecule is COc1c(O)c(O)c2oc(-c3ccccc3)c(OC)c(=O)c2c1OC. The van der Waals surface area contributed by atoms with Gasteiger partial charge >= 0.3 is 0 Å². The van der Waals surface area contributed by atoms with E-state index in [4.69, 9.17) is 18.6 Å². The summed E-state index contributed by atoms with van der Waals surface area (Å²) in [6.07, 6.45) is 0. The molecule has 130 valence electrons. The summed E-state index contributed by atoms with van der Waals surface area (Å²) in [5, 5.41) is 20.3. The maximum atomic E-state index is 13.0. The van der Waals surface area contributed by atoms with Gasteiger partial charge in [-0.15, -0.1) is 0 Å². The van der Waals surface area contributed by atoms with Gasteiger partial charge < -0.3 is 28.8 Å². The number of hydrogen-bond acceptors (Lipinski definition) is 7. The standard InChI is InChI=1S/C18H16O7/c1-22-16-10-11(19)17(23-2)14(9-7-5-4-6-8-9)25-15(10)12(20)13(21)18(16)24-3/h4-8,20-21H,1-3H3. The molecule has 0 aliphatic rings. The van der Waals surface area contributed by atoms with Crippen molar-refractivity contribution in [1.82, 2.24) is 0 Å². The molecular formula is C18H16O7. The van der Waals surface area contributed by atoms with Crippen molar-refractivity contribution in [2.24, 2.45) is 0 Å². The molecule has 0 atom stereocenters. The van der Waals surface area contributed by atoms with Gasteiger partial charge in [0.05, 0.1) is 21.3 Å². The predicted molar refractivity (Wildman–Crippen MR) is 90.9 cm³/mol. The van der Waals surface area contributed by atoms with Crippen molar-refractivity contribution in [2.45, 2.75) is 0 Å². The molecule has 1 heterocycles. The lowest BCUT2D eigenvalue weighted by Gasteiger charge is -2.15. The third-order valence-corrected chi connectivity index (χ3v) is 3.81. The van der Waals surface area contributed by atoms with Crippen molar-refractivity contribution >= 4 is 11.0 Å². The molecule has 2 N–H and O–H groups in total. The summed E-state index contributed by atoms with van der Waals surface area (Å²) in [7, 11) is 3.93. The topological polar surface area (TPSA) is 98.4 Å². The molecule has 2 aromatic carbocycles. The second kappa shape index (κ2) is 6.27. The largest absolute Gasteiger partial charge is 0.502 e. The van der Waals surface area contributed by atoms with Gasteiger partial charge in [0.25, 0.3) is 0 Å². The molecule has 3 rings (SSSR count). The number of phenols is 2. The van der Waals surface area contributed by atoms with Crippen LogP contribution in [0.15, 0.2) is 39.5 Å². The van der Waals surface area contributed by atoms with E-state index in [1.54, 1.807) is 24.3 Å². The van der Waals surface area contributed by atoms with E-state index < -0.39 is 16.9 Å². The van der Waals surface area contributed by atoms with Crippen LogP contribution < -0.4 is 19.6 Å². The van der Waals surface area contributed by atoms with Crippen molar-refractivity contribution in [3.8, 4) is 40.1 Å². The van der Waals surface area contributed by atoms with E-state index in [0.29, 0.717) is 5.56 Å². The maximum Gasteiger partial charge on any atom is 0.239 e. The molecule has 7 nitrogen and oxygen atoms in total. The first kappa shape index (κ1) is 16.5. The Labute approximate surface area is 142 Å². The van der Waals surface area contributed by atoms with Crippen molar-refractivity contribution < 1.29 is 28.8 Å². The Balaban J connectivity index is 2.53. The van der Waals surface area contributed by atoms with Crippen LogP contribution in [0.4, 0.5) is 0 Å². The summed E-state index contributed by atoms with van der Waals surface area (Å²) in [6, 6.07) is 8.80. The van der Waals surface area contributed by atoms with Crippen LogP contribution in [0.25, 0.3) is 22.3 Å². The van der Waals surface area contributed by atoms with Crippen LogP contribution in [0.3, 0.4) is 0 Å². The van der Waals surface area contributed by atoms with Crippen molar-refractivity contribution in [2.75, 3.05) is 21.3 Å². The predicted octanol–water partition coefficient (Wildman–Crippen LogP) is 2.90. The second-order valence-electron chi connectivity index (χ2n) is 5.13. The number of methoxy groups -OCH3 is 3. The Kier molecular flexibility index (Phi) is 4.14. The summed E-state index contributed by atoms with van der Waals surface area (Å²) >= 11 is 0. The normalized spacial score (nSPS) is 10.7. The van der Waals surface area contributed by atoms with E-state index in [0.717, 1.165) is 0 Å². The molecule has 0 bridgehead atoms. The summed E-state index contributed by atoms with van der Waals surface area (Å²) in [6.45, 7) is 0. The lowest BCUT2D eigenvalue weighted by Crippen LogP contribution is -2.09. The fourth-order valence-electron chi connectivity index (χ4n) is 2.68. The van der Waals surface area contributed by atoms with Crippen molar-refractivity contribution in [3.63, 3.8) is 0 Å². The van der Waals surface area contributed by atoms with Gasteiger partial charge in [-0.3, -0.25) is 4.79 Å². The highest BCUT2D eigenvalue weighted by Gasteiger charge is 2.28. The van der Waals surface area contributed by atoms with E-state index in [1.807, 2.05) is 6.07 Å². The molecule has 0 radical (unpaired) electrons. The van der Waals surface area contributed by atoms with Gasteiger partial charge in [0.2, 0.25) is 28.4 Å².